The number of hydrogen-bond donors (Lipinski definition) is 1. The van der Waals surface area contributed by atoms with E-state index in [1.807, 2.05) is 42.5 Å². The van der Waals surface area contributed by atoms with Gasteiger partial charge in [0.2, 0.25) is 5.91 Å². The molecule has 1 N–H and O–H groups in total. The van der Waals surface area contributed by atoms with Crippen molar-refractivity contribution in [2.45, 2.75) is 18.2 Å². The van der Waals surface area contributed by atoms with E-state index in [4.69, 9.17) is 9.40 Å². The smallest absolute Gasteiger partial charge is 0.272 e. The van der Waals surface area contributed by atoms with Crippen molar-refractivity contribution in [3.8, 4) is 0 Å². The number of carbonyl (C=O) groups excluding carboxylic acids is 1. The highest BCUT2D eigenvalue weighted by Gasteiger charge is 2.18. The van der Waals surface area contributed by atoms with Crippen molar-refractivity contribution in [1.29, 1.82) is 0 Å². The largest absolute Gasteiger partial charge is 0.467 e. The van der Waals surface area contributed by atoms with Gasteiger partial charge in [-0.1, -0.05) is 42.1 Å². The predicted octanol–water partition coefficient (Wildman–Crippen LogP) is 4.06. The van der Waals surface area contributed by atoms with Gasteiger partial charge in [0.1, 0.15) is 15.3 Å². The second kappa shape index (κ2) is 8.97. The minimum atomic E-state index is -0.163. The molecule has 0 unspecified atom stereocenters. The maximum absolute atomic E-state index is 13.4. The first-order chi connectivity index (χ1) is 15.7. The van der Waals surface area contributed by atoms with Crippen LogP contribution in [0.3, 0.4) is 0 Å². The Labute approximate surface area is 191 Å². The average Bonchev–Trinajstić information content (AvgIpc) is 3.47. The molecule has 0 fully saturated rings. The number of thiophene rings is 1. The summed E-state index contributed by atoms with van der Waals surface area (Å²) in [6, 6.07) is 17.1. The Hall–Kier alpha value is -3.43. The highest BCUT2D eigenvalue weighted by atomic mass is 32.2. The van der Waals surface area contributed by atoms with Crippen LogP contribution < -0.4 is 10.9 Å². The molecule has 4 aromatic heterocycles. The molecule has 32 heavy (non-hydrogen) atoms. The summed E-state index contributed by atoms with van der Waals surface area (Å²) < 4.78 is 7.45. The number of rotatable bonds is 7. The van der Waals surface area contributed by atoms with Crippen LogP contribution in [0, 0.1) is 0 Å². The van der Waals surface area contributed by atoms with Crippen molar-refractivity contribution >= 4 is 49.4 Å². The Morgan fingerprint density at radius 3 is 2.81 bits per heavy atom. The molecule has 0 aliphatic heterocycles. The van der Waals surface area contributed by atoms with Gasteiger partial charge in [0.25, 0.3) is 5.56 Å². The van der Waals surface area contributed by atoms with Crippen molar-refractivity contribution in [2.75, 3.05) is 5.75 Å². The molecular formula is C23H18N4O3S2. The van der Waals surface area contributed by atoms with Gasteiger partial charge < -0.3 is 9.73 Å². The van der Waals surface area contributed by atoms with Gasteiger partial charge >= 0.3 is 0 Å². The van der Waals surface area contributed by atoms with E-state index >= 15 is 0 Å². The van der Waals surface area contributed by atoms with Crippen molar-refractivity contribution < 1.29 is 9.21 Å². The monoisotopic (exact) mass is 462 g/mol. The molecule has 0 aliphatic rings. The first-order valence-electron chi connectivity index (χ1n) is 9.93. The predicted molar refractivity (Wildman–Crippen MR) is 126 cm³/mol. The lowest BCUT2D eigenvalue weighted by atomic mass is 10.2. The number of hydrogen-bond acceptors (Lipinski definition) is 7. The molecule has 0 spiro atoms. The molecule has 7 nitrogen and oxygen atoms in total. The molecule has 0 saturated heterocycles. The normalized spacial score (nSPS) is 11.2. The fourth-order valence-electron chi connectivity index (χ4n) is 3.34. The Kier molecular flexibility index (Phi) is 5.74. The number of nitrogens with zero attached hydrogens (tertiary/aromatic N) is 3. The Morgan fingerprint density at radius 1 is 1.12 bits per heavy atom. The number of aromatic nitrogens is 3. The lowest BCUT2D eigenvalue weighted by molar-refractivity contribution is -0.118. The van der Waals surface area contributed by atoms with Crippen LogP contribution in [0.1, 0.15) is 11.3 Å². The zero-order valence-electron chi connectivity index (χ0n) is 16.9. The van der Waals surface area contributed by atoms with Crippen molar-refractivity contribution in [3.63, 3.8) is 0 Å². The molecular weight excluding hydrogens is 444 g/mol. The standard InChI is InChI=1S/C23H18N4O3S2/c28-18(25-12-16-8-5-11-30-16)14-31-23-26-19-17-9-4-10-24-21(17)32-20(19)22(29)27(23)13-15-6-2-1-3-7-15/h1-11H,12-14H2,(H,25,28). The van der Waals surface area contributed by atoms with Gasteiger partial charge in [-0.3, -0.25) is 14.2 Å². The molecule has 4 heterocycles. The highest BCUT2D eigenvalue weighted by Crippen LogP contribution is 2.30. The van der Waals surface area contributed by atoms with Gasteiger partial charge in [0.05, 0.1) is 30.6 Å². The van der Waals surface area contributed by atoms with Crippen LogP contribution in [0.15, 0.2) is 81.4 Å². The molecule has 1 aromatic carbocycles. The number of benzene rings is 1. The molecule has 0 atom stereocenters. The molecule has 160 valence electrons. The lowest BCUT2D eigenvalue weighted by Gasteiger charge is -2.12. The number of furan rings is 1. The number of thioether (sulfide) groups is 1. The number of amides is 1. The Bertz CT molecular complexity index is 1440. The van der Waals surface area contributed by atoms with Crippen molar-refractivity contribution in [3.05, 3.63) is 88.7 Å². The quantitative estimate of drug-likeness (QED) is 0.290. The van der Waals surface area contributed by atoms with E-state index < -0.39 is 0 Å². The van der Waals surface area contributed by atoms with Crippen molar-refractivity contribution in [1.82, 2.24) is 19.9 Å². The number of carbonyl (C=O) groups is 1. The number of fused-ring (bicyclic) bond motifs is 3. The van der Waals surface area contributed by atoms with Crippen LogP contribution in [0.5, 0.6) is 0 Å². The van der Waals surface area contributed by atoms with Gasteiger partial charge in [-0.25, -0.2) is 9.97 Å². The molecule has 0 aliphatic carbocycles. The number of nitrogens with one attached hydrogen (secondary N) is 1. The van der Waals surface area contributed by atoms with Gasteiger partial charge in [-0.2, -0.15) is 0 Å². The molecule has 5 aromatic rings. The van der Waals surface area contributed by atoms with Crippen LogP contribution in [-0.2, 0) is 17.9 Å². The zero-order valence-corrected chi connectivity index (χ0v) is 18.5. The fraction of sp³-hybridized carbons (Fsp3) is 0.130. The molecule has 0 saturated carbocycles. The summed E-state index contributed by atoms with van der Waals surface area (Å²) in [5.74, 6) is 0.651. The molecule has 5 rings (SSSR count). The van der Waals surface area contributed by atoms with Crippen molar-refractivity contribution in [2.24, 2.45) is 0 Å². The lowest BCUT2D eigenvalue weighted by Crippen LogP contribution is -2.26. The topological polar surface area (TPSA) is 90.0 Å². The highest BCUT2D eigenvalue weighted by molar-refractivity contribution is 7.99. The van der Waals surface area contributed by atoms with Gasteiger partial charge in [-0.05, 0) is 29.8 Å². The van der Waals surface area contributed by atoms with Crippen LogP contribution in [0.2, 0.25) is 0 Å². The average molecular weight is 463 g/mol. The third-order valence-corrected chi connectivity index (χ3v) is 6.94. The second-order valence-electron chi connectivity index (χ2n) is 7.05. The summed E-state index contributed by atoms with van der Waals surface area (Å²) >= 11 is 2.59. The van der Waals surface area contributed by atoms with Gasteiger partial charge in [0.15, 0.2) is 5.16 Å². The summed E-state index contributed by atoms with van der Waals surface area (Å²) in [5, 5.41) is 4.17. The maximum Gasteiger partial charge on any atom is 0.272 e. The molecule has 0 bridgehead atoms. The maximum atomic E-state index is 13.4. The Morgan fingerprint density at radius 2 is 2.00 bits per heavy atom. The number of pyridine rings is 1. The van der Waals surface area contributed by atoms with E-state index in [9.17, 15) is 9.59 Å². The molecule has 9 heteroatoms. The second-order valence-corrected chi connectivity index (χ2v) is 8.99. The summed E-state index contributed by atoms with van der Waals surface area (Å²) in [6.45, 7) is 0.692. The zero-order chi connectivity index (χ0) is 21.9. The van der Waals surface area contributed by atoms with Crippen LogP contribution in [0.4, 0.5) is 0 Å². The van der Waals surface area contributed by atoms with E-state index in [2.05, 4.69) is 10.3 Å². The first kappa shape index (κ1) is 20.5. The first-order valence-corrected chi connectivity index (χ1v) is 11.7. The summed E-state index contributed by atoms with van der Waals surface area (Å²) in [6.07, 6.45) is 3.27. The van der Waals surface area contributed by atoms with Gasteiger partial charge in [0, 0.05) is 11.6 Å². The third kappa shape index (κ3) is 4.17. The van der Waals surface area contributed by atoms with E-state index in [-0.39, 0.29) is 17.2 Å². The van der Waals surface area contributed by atoms with Crippen LogP contribution in [-0.4, -0.2) is 26.2 Å². The van der Waals surface area contributed by atoms with Gasteiger partial charge in [-0.15, -0.1) is 11.3 Å². The van der Waals surface area contributed by atoms with E-state index in [1.54, 1.807) is 29.2 Å². The third-order valence-electron chi connectivity index (χ3n) is 4.87. The molecule has 1 amide bonds. The van der Waals surface area contributed by atoms with Crippen LogP contribution >= 0.6 is 23.1 Å². The fourth-order valence-corrected chi connectivity index (χ4v) is 5.19. The Balaban J connectivity index is 1.48. The SMILES string of the molecule is O=C(CSc1nc2c(sc3ncccc32)c(=O)n1Cc1ccccc1)NCc1ccco1. The minimum Gasteiger partial charge on any atom is -0.467 e. The van der Waals surface area contributed by atoms with E-state index in [0.29, 0.717) is 34.2 Å². The summed E-state index contributed by atoms with van der Waals surface area (Å²) in [4.78, 5) is 35.8. The minimum absolute atomic E-state index is 0.125. The summed E-state index contributed by atoms with van der Waals surface area (Å²) in [7, 11) is 0. The summed E-state index contributed by atoms with van der Waals surface area (Å²) in [5.41, 5.74) is 1.49. The van der Waals surface area contributed by atoms with E-state index in [1.165, 1.54) is 23.1 Å². The molecule has 0 radical (unpaired) electrons. The van der Waals surface area contributed by atoms with Crippen LogP contribution in [0.25, 0.3) is 20.4 Å². The van der Waals surface area contributed by atoms with E-state index in [0.717, 1.165) is 15.8 Å².